The maximum absolute atomic E-state index is 4.78. The Hall–Kier alpha value is -2.10. The summed E-state index contributed by atoms with van der Waals surface area (Å²) in [5.41, 5.74) is 2.14. The molecule has 2 aliphatic rings. The van der Waals surface area contributed by atoms with Gasteiger partial charge in [-0.05, 0) is 36.0 Å². The Balaban J connectivity index is 1.53. The van der Waals surface area contributed by atoms with E-state index in [-0.39, 0.29) is 0 Å². The molecule has 3 aromatic rings. The molecule has 21 heavy (non-hydrogen) atoms. The number of benzene rings is 1. The first-order chi connectivity index (χ1) is 10.3. The number of hydrogen-bond donors (Lipinski definition) is 0. The second-order valence-electron chi connectivity index (χ2n) is 6.36. The van der Waals surface area contributed by atoms with Crippen LogP contribution in [0.5, 0.6) is 0 Å². The van der Waals surface area contributed by atoms with E-state index in [9.17, 15) is 0 Å². The highest BCUT2D eigenvalue weighted by molar-refractivity contribution is 5.79. The number of anilines is 1. The number of aromatic nitrogens is 3. The largest absolute Gasteiger partial charge is 0.356 e. The summed E-state index contributed by atoms with van der Waals surface area (Å²) in [6.45, 7) is 4.66. The lowest BCUT2D eigenvalue weighted by Crippen LogP contribution is -2.25. The minimum atomic E-state index is 0.807. The van der Waals surface area contributed by atoms with Gasteiger partial charge in [0.1, 0.15) is 5.82 Å². The minimum Gasteiger partial charge on any atom is -0.356 e. The molecule has 4 nitrogen and oxygen atoms in total. The predicted octanol–water partition coefficient (Wildman–Crippen LogP) is 2.97. The quantitative estimate of drug-likeness (QED) is 0.722. The number of nitrogens with zero attached hydrogens (tertiary/aromatic N) is 4. The van der Waals surface area contributed by atoms with Crippen molar-refractivity contribution in [3.05, 3.63) is 36.5 Å². The lowest BCUT2D eigenvalue weighted by Gasteiger charge is -2.20. The molecule has 1 saturated carbocycles. The van der Waals surface area contributed by atoms with E-state index in [1.165, 1.54) is 19.5 Å². The van der Waals surface area contributed by atoms with Crippen LogP contribution in [-0.4, -0.2) is 27.5 Å². The van der Waals surface area contributed by atoms with Gasteiger partial charge in [0, 0.05) is 19.3 Å². The van der Waals surface area contributed by atoms with Gasteiger partial charge in [0.05, 0.1) is 11.0 Å². The fraction of sp³-hybridized carbons (Fsp3) is 0.412. The number of fused-ring (bicyclic) bond motifs is 4. The van der Waals surface area contributed by atoms with Gasteiger partial charge in [0.2, 0.25) is 5.78 Å². The highest BCUT2D eigenvalue weighted by atomic mass is 15.3. The van der Waals surface area contributed by atoms with E-state index >= 15 is 0 Å². The van der Waals surface area contributed by atoms with Crippen molar-refractivity contribution in [2.45, 2.75) is 13.3 Å². The Labute approximate surface area is 123 Å². The summed E-state index contributed by atoms with van der Waals surface area (Å²) in [6, 6.07) is 10.3. The fourth-order valence-corrected chi connectivity index (χ4v) is 4.16. The third-order valence-electron chi connectivity index (χ3n) is 5.33. The van der Waals surface area contributed by atoms with E-state index in [0.29, 0.717) is 0 Å². The Morgan fingerprint density at radius 1 is 1.10 bits per heavy atom. The number of para-hydroxylation sites is 2. The van der Waals surface area contributed by atoms with Crippen LogP contribution in [0.4, 0.5) is 5.82 Å². The zero-order valence-corrected chi connectivity index (χ0v) is 12.1. The third-order valence-corrected chi connectivity index (χ3v) is 5.33. The zero-order chi connectivity index (χ0) is 14.0. The van der Waals surface area contributed by atoms with Crippen LogP contribution < -0.4 is 4.90 Å². The molecule has 4 heteroatoms. The van der Waals surface area contributed by atoms with Crippen molar-refractivity contribution >= 4 is 22.6 Å². The molecule has 1 aliphatic heterocycles. The van der Waals surface area contributed by atoms with Crippen molar-refractivity contribution in [3.8, 4) is 0 Å². The van der Waals surface area contributed by atoms with Gasteiger partial charge in [-0.15, -0.1) is 0 Å². The van der Waals surface area contributed by atoms with Crippen molar-refractivity contribution < 1.29 is 0 Å². The molecule has 2 aromatic heterocycles. The number of rotatable bonds is 2. The molecule has 3 heterocycles. The van der Waals surface area contributed by atoms with E-state index in [2.05, 4.69) is 39.5 Å². The Morgan fingerprint density at radius 2 is 1.90 bits per heavy atom. The van der Waals surface area contributed by atoms with Crippen LogP contribution in [0.25, 0.3) is 16.8 Å². The molecule has 0 unspecified atom stereocenters. The molecule has 3 atom stereocenters. The van der Waals surface area contributed by atoms with E-state index in [1.54, 1.807) is 0 Å². The minimum absolute atomic E-state index is 0.807. The molecule has 2 fully saturated rings. The zero-order valence-electron chi connectivity index (χ0n) is 12.1. The van der Waals surface area contributed by atoms with Gasteiger partial charge >= 0.3 is 0 Å². The Kier molecular flexibility index (Phi) is 2.18. The highest BCUT2D eigenvalue weighted by Gasteiger charge is 2.54. The number of imidazole rings is 1. The van der Waals surface area contributed by atoms with Crippen LogP contribution in [0.15, 0.2) is 36.5 Å². The van der Waals surface area contributed by atoms with Gasteiger partial charge < -0.3 is 4.90 Å². The summed E-state index contributed by atoms with van der Waals surface area (Å²) < 4.78 is 2.07. The molecule has 1 saturated heterocycles. The SMILES string of the molecule is CC[C@@H]1[C@H]2CN(c3ccn4c(n3)nc3ccccc34)C[C@@H]12. The molecule has 0 N–H and O–H groups in total. The van der Waals surface area contributed by atoms with Crippen molar-refractivity contribution in [3.63, 3.8) is 0 Å². The molecular weight excluding hydrogens is 260 g/mol. The number of piperidine rings is 1. The van der Waals surface area contributed by atoms with Gasteiger partial charge in [-0.25, -0.2) is 4.98 Å². The van der Waals surface area contributed by atoms with Crippen molar-refractivity contribution in [1.29, 1.82) is 0 Å². The lowest BCUT2D eigenvalue weighted by atomic mass is 10.2. The van der Waals surface area contributed by atoms with Crippen molar-refractivity contribution in [2.75, 3.05) is 18.0 Å². The predicted molar refractivity (Wildman–Crippen MR) is 83.5 cm³/mol. The third kappa shape index (κ3) is 1.56. The maximum Gasteiger partial charge on any atom is 0.236 e. The lowest BCUT2D eigenvalue weighted by molar-refractivity contribution is 0.618. The maximum atomic E-state index is 4.78. The second-order valence-corrected chi connectivity index (χ2v) is 6.36. The molecule has 1 aromatic carbocycles. The smallest absolute Gasteiger partial charge is 0.236 e. The van der Waals surface area contributed by atoms with Crippen LogP contribution in [0.1, 0.15) is 13.3 Å². The first kappa shape index (κ1) is 11.5. The average molecular weight is 278 g/mol. The first-order valence-electron chi connectivity index (χ1n) is 7.84. The highest BCUT2D eigenvalue weighted by Crippen LogP contribution is 2.53. The van der Waals surface area contributed by atoms with Gasteiger partial charge in [-0.3, -0.25) is 4.40 Å². The molecule has 106 valence electrons. The summed E-state index contributed by atoms with van der Waals surface area (Å²) in [5.74, 6) is 4.68. The molecule has 5 rings (SSSR count). The summed E-state index contributed by atoms with van der Waals surface area (Å²) in [5, 5.41) is 0. The molecule has 0 bridgehead atoms. The van der Waals surface area contributed by atoms with Gasteiger partial charge in [0.25, 0.3) is 0 Å². The summed E-state index contributed by atoms with van der Waals surface area (Å²) in [4.78, 5) is 11.8. The fourth-order valence-electron chi connectivity index (χ4n) is 4.16. The monoisotopic (exact) mass is 278 g/mol. The van der Waals surface area contributed by atoms with Crippen LogP contribution in [-0.2, 0) is 0 Å². The average Bonchev–Trinajstić information content (AvgIpc) is 2.88. The second kappa shape index (κ2) is 3.97. The van der Waals surface area contributed by atoms with Gasteiger partial charge in [-0.1, -0.05) is 25.5 Å². The van der Waals surface area contributed by atoms with E-state index in [1.807, 2.05) is 18.2 Å². The van der Waals surface area contributed by atoms with Crippen molar-refractivity contribution in [1.82, 2.24) is 14.4 Å². The number of hydrogen-bond acceptors (Lipinski definition) is 3. The van der Waals surface area contributed by atoms with E-state index in [4.69, 9.17) is 4.98 Å². The normalized spacial score (nSPS) is 27.5. The van der Waals surface area contributed by atoms with Gasteiger partial charge in [0.15, 0.2) is 0 Å². The Bertz CT molecular complexity index is 825. The topological polar surface area (TPSA) is 33.4 Å². The molecule has 0 radical (unpaired) electrons. The van der Waals surface area contributed by atoms with Crippen LogP contribution in [0, 0.1) is 17.8 Å². The first-order valence-corrected chi connectivity index (χ1v) is 7.84. The molecule has 1 aliphatic carbocycles. The van der Waals surface area contributed by atoms with Crippen LogP contribution in [0.3, 0.4) is 0 Å². The van der Waals surface area contributed by atoms with E-state index < -0.39 is 0 Å². The summed E-state index contributed by atoms with van der Waals surface area (Å²) in [7, 11) is 0. The van der Waals surface area contributed by atoms with Crippen molar-refractivity contribution in [2.24, 2.45) is 17.8 Å². The van der Waals surface area contributed by atoms with Crippen LogP contribution >= 0.6 is 0 Å². The van der Waals surface area contributed by atoms with Crippen LogP contribution in [0.2, 0.25) is 0 Å². The standard InChI is InChI=1S/C17H18N4/c1-2-11-12-9-20(10-13(11)12)16-7-8-21-15-6-4-3-5-14(15)18-17(21)19-16/h3-8,11-13H,2,9-10H2,1H3/t11-,12-,13+. The molecular formula is C17H18N4. The molecule has 0 spiro atoms. The molecule has 0 amide bonds. The summed E-state index contributed by atoms with van der Waals surface area (Å²) in [6.07, 6.45) is 3.44. The summed E-state index contributed by atoms with van der Waals surface area (Å²) >= 11 is 0. The van der Waals surface area contributed by atoms with Gasteiger partial charge in [-0.2, -0.15) is 4.98 Å². The van der Waals surface area contributed by atoms with E-state index in [0.717, 1.165) is 40.4 Å². The Morgan fingerprint density at radius 3 is 2.71 bits per heavy atom.